The maximum absolute atomic E-state index is 11.6. The number of hydrogen-bond acceptors (Lipinski definition) is 3. The zero-order chi connectivity index (χ0) is 11.5. The van der Waals surface area contributed by atoms with Crippen LogP contribution in [0.25, 0.3) is 0 Å². The lowest BCUT2D eigenvalue weighted by atomic mass is 10.1. The Bertz CT molecular complexity index is 409. The molecule has 0 N–H and O–H groups in total. The summed E-state index contributed by atoms with van der Waals surface area (Å²) in [7, 11) is 0. The second-order valence-electron chi connectivity index (χ2n) is 3.63. The van der Waals surface area contributed by atoms with Gasteiger partial charge < -0.3 is 9.64 Å². The van der Waals surface area contributed by atoms with E-state index in [0.717, 1.165) is 22.2 Å². The molecule has 0 saturated carbocycles. The van der Waals surface area contributed by atoms with Crippen molar-refractivity contribution in [1.29, 1.82) is 0 Å². The van der Waals surface area contributed by atoms with Gasteiger partial charge >= 0.3 is 6.09 Å². The topological polar surface area (TPSA) is 42.4 Å². The molecule has 0 atom stereocenters. The summed E-state index contributed by atoms with van der Waals surface area (Å²) >= 11 is 3.38. The Kier molecular flexibility index (Phi) is 3.43. The number of hydrogen-bond donors (Lipinski definition) is 0. The van der Waals surface area contributed by atoms with Crippen molar-refractivity contribution in [3.05, 3.63) is 28.0 Å². The molecule has 2 heterocycles. The van der Waals surface area contributed by atoms with Crippen molar-refractivity contribution in [3.8, 4) is 0 Å². The molecule has 0 aliphatic carbocycles. The first-order chi connectivity index (χ1) is 7.70. The number of aromatic nitrogens is 1. The Morgan fingerprint density at radius 1 is 1.69 bits per heavy atom. The summed E-state index contributed by atoms with van der Waals surface area (Å²) in [6, 6.07) is 2.01. The van der Waals surface area contributed by atoms with Crippen LogP contribution in [0.1, 0.15) is 18.2 Å². The summed E-state index contributed by atoms with van der Waals surface area (Å²) in [5, 5.41) is 0. The number of rotatable bonds is 1. The summed E-state index contributed by atoms with van der Waals surface area (Å²) in [6.07, 6.45) is 2.34. The van der Waals surface area contributed by atoms with Crippen molar-refractivity contribution in [1.82, 2.24) is 9.88 Å². The van der Waals surface area contributed by atoms with E-state index in [1.807, 2.05) is 13.0 Å². The van der Waals surface area contributed by atoms with E-state index in [9.17, 15) is 4.79 Å². The lowest BCUT2D eigenvalue weighted by Gasteiger charge is -2.27. The number of ether oxygens (including phenoxy) is 1. The predicted molar refractivity (Wildman–Crippen MR) is 63.1 cm³/mol. The lowest BCUT2D eigenvalue weighted by molar-refractivity contribution is 0.102. The molecule has 0 aromatic carbocycles. The molecule has 5 heteroatoms. The van der Waals surface area contributed by atoms with E-state index in [1.165, 1.54) is 0 Å². The van der Waals surface area contributed by atoms with Crippen molar-refractivity contribution < 1.29 is 9.53 Å². The highest BCUT2D eigenvalue weighted by molar-refractivity contribution is 9.10. The third kappa shape index (κ3) is 2.35. The summed E-state index contributed by atoms with van der Waals surface area (Å²) in [5.74, 6) is 0. The van der Waals surface area contributed by atoms with Crippen LogP contribution >= 0.6 is 15.9 Å². The number of pyridine rings is 1. The second-order valence-corrected chi connectivity index (χ2v) is 4.55. The van der Waals surface area contributed by atoms with Crippen LogP contribution in [0.5, 0.6) is 0 Å². The number of halogens is 1. The van der Waals surface area contributed by atoms with Gasteiger partial charge in [-0.25, -0.2) is 4.79 Å². The SMILES string of the molecule is CCOC(=O)N1CCc2ncc(Br)cc2C1. The van der Waals surface area contributed by atoms with Gasteiger partial charge in [0, 0.05) is 29.3 Å². The van der Waals surface area contributed by atoms with Crippen LogP contribution in [0.3, 0.4) is 0 Å². The van der Waals surface area contributed by atoms with E-state index in [-0.39, 0.29) is 6.09 Å². The van der Waals surface area contributed by atoms with Gasteiger partial charge in [-0.3, -0.25) is 4.98 Å². The fourth-order valence-corrected chi connectivity index (χ4v) is 2.15. The van der Waals surface area contributed by atoms with Crippen LogP contribution in [0.15, 0.2) is 16.7 Å². The summed E-state index contributed by atoms with van der Waals surface area (Å²) < 4.78 is 5.92. The van der Waals surface area contributed by atoms with Crippen LogP contribution in [0.2, 0.25) is 0 Å². The maximum Gasteiger partial charge on any atom is 0.410 e. The molecule has 0 spiro atoms. The molecule has 1 aromatic rings. The fourth-order valence-electron chi connectivity index (χ4n) is 1.77. The van der Waals surface area contributed by atoms with E-state index < -0.39 is 0 Å². The number of fused-ring (bicyclic) bond motifs is 1. The minimum atomic E-state index is -0.242. The Morgan fingerprint density at radius 2 is 2.50 bits per heavy atom. The molecule has 0 fully saturated rings. The normalized spacial score (nSPS) is 14.5. The average Bonchev–Trinajstić information content (AvgIpc) is 2.28. The molecule has 1 aliphatic rings. The molecular weight excluding hydrogens is 272 g/mol. The van der Waals surface area contributed by atoms with Crippen LogP contribution in [0, 0.1) is 0 Å². The van der Waals surface area contributed by atoms with Gasteiger partial charge in [0.15, 0.2) is 0 Å². The molecular formula is C11H13BrN2O2. The van der Waals surface area contributed by atoms with Gasteiger partial charge in [-0.2, -0.15) is 0 Å². The first-order valence-corrected chi connectivity index (χ1v) is 6.05. The second kappa shape index (κ2) is 4.82. The minimum Gasteiger partial charge on any atom is -0.450 e. The largest absolute Gasteiger partial charge is 0.450 e. The van der Waals surface area contributed by atoms with Crippen molar-refractivity contribution in [2.45, 2.75) is 19.9 Å². The first-order valence-electron chi connectivity index (χ1n) is 5.25. The molecule has 16 heavy (non-hydrogen) atoms. The van der Waals surface area contributed by atoms with Crippen molar-refractivity contribution >= 4 is 22.0 Å². The quantitative estimate of drug-likeness (QED) is 0.795. The summed E-state index contributed by atoms with van der Waals surface area (Å²) in [6.45, 7) is 3.49. The number of carbonyl (C=O) groups is 1. The van der Waals surface area contributed by atoms with Gasteiger partial charge in [0.1, 0.15) is 0 Å². The monoisotopic (exact) mass is 284 g/mol. The van der Waals surface area contributed by atoms with E-state index >= 15 is 0 Å². The Labute approximate surface area is 103 Å². The van der Waals surface area contributed by atoms with Gasteiger partial charge in [0.05, 0.1) is 13.2 Å². The smallest absolute Gasteiger partial charge is 0.410 e. The molecule has 1 aromatic heterocycles. The third-order valence-corrected chi connectivity index (χ3v) is 2.97. The van der Waals surface area contributed by atoms with Crippen LogP contribution < -0.4 is 0 Å². The van der Waals surface area contributed by atoms with Crippen molar-refractivity contribution in [3.63, 3.8) is 0 Å². The van der Waals surface area contributed by atoms with E-state index in [0.29, 0.717) is 19.7 Å². The third-order valence-electron chi connectivity index (χ3n) is 2.53. The van der Waals surface area contributed by atoms with Crippen LogP contribution in [-0.4, -0.2) is 29.1 Å². The predicted octanol–water partition coefficient (Wildman–Crippen LogP) is 2.36. The van der Waals surface area contributed by atoms with Gasteiger partial charge in [0.2, 0.25) is 0 Å². The van der Waals surface area contributed by atoms with Crippen molar-refractivity contribution in [2.75, 3.05) is 13.2 Å². The molecule has 86 valence electrons. The average molecular weight is 285 g/mol. The number of carbonyl (C=O) groups excluding carboxylic acids is 1. The number of nitrogens with zero attached hydrogens (tertiary/aromatic N) is 2. The van der Waals surface area contributed by atoms with Gasteiger partial charge in [0.25, 0.3) is 0 Å². The summed E-state index contributed by atoms with van der Waals surface area (Å²) in [5.41, 5.74) is 2.16. The van der Waals surface area contributed by atoms with Gasteiger partial charge in [-0.1, -0.05) is 0 Å². The molecule has 1 aliphatic heterocycles. The highest BCUT2D eigenvalue weighted by atomic mass is 79.9. The Morgan fingerprint density at radius 3 is 3.25 bits per heavy atom. The van der Waals surface area contributed by atoms with E-state index in [2.05, 4.69) is 20.9 Å². The first kappa shape index (κ1) is 11.4. The maximum atomic E-state index is 11.6. The highest BCUT2D eigenvalue weighted by Crippen LogP contribution is 2.21. The molecule has 0 unspecified atom stereocenters. The molecule has 1 amide bonds. The minimum absolute atomic E-state index is 0.242. The van der Waals surface area contributed by atoms with E-state index in [4.69, 9.17) is 4.74 Å². The molecule has 0 radical (unpaired) electrons. The van der Waals surface area contributed by atoms with Crippen molar-refractivity contribution in [2.24, 2.45) is 0 Å². The fraction of sp³-hybridized carbons (Fsp3) is 0.455. The van der Waals surface area contributed by atoms with Crippen LogP contribution in [-0.2, 0) is 17.7 Å². The molecule has 4 nitrogen and oxygen atoms in total. The highest BCUT2D eigenvalue weighted by Gasteiger charge is 2.22. The standard InChI is InChI=1S/C11H13BrN2O2/c1-2-16-11(15)14-4-3-10-8(7-14)5-9(12)6-13-10/h5-6H,2-4,7H2,1H3. The number of amides is 1. The van der Waals surface area contributed by atoms with E-state index in [1.54, 1.807) is 11.1 Å². The Hall–Kier alpha value is -1.10. The molecule has 0 saturated heterocycles. The zero-order valence-corrected chi connectivity index (χ0v) is 10.7. The van der Waals surface area contributed by atoms with Crippen LogP contribution in [0.4, 0.5) is 4.79 Å². The lowest BCUT2D eigenvalue weighted by Crippen LogP contribution is -2.36. The molecule has 0 bridgehead atoms. The van der Waals surface area contributed by atoms with Gasteiger partial charge in [-0.05, 0) is 34.5 Å². The zero-order valence-electron chi connectivity index (χ0n) is 9.07. The van der Waals surface area contributed by atoms with Gasteiger partial charge in [-0.15, -0.1) is 0 Å². The molecule has 2 rings (SSSR count). The Balaban J connectivity index is 2.13. The summed E-state index contributed by atoms with van der Waals surface area (Å²) in [4.78, 5) is 17.6.